The van der Waals surface area contributed by atoms with Gasteiger partial charge in [0.25, 0.3) is 0 Å². The van der Waals surface area contributed by atoms with Gasteiger partial charge in [-0.2, -0.15) is 13.2 Å². The molecule has 0 aromatic carbocycles. The first-order valence-electron chi connectivity index (χ1n) is 4.63. The van der Waals surface area contributed by atoms with Crippen molar-refractivity contribution in [2.24, 2.45) is 10.9 Å². The van der Waals surface area contributed by atoms with Crippen LogP contribution in [0.15, 0.2) is 27.9 Å². The van der Waals surface area contributed by atoms with Crippen molar-refractivity contribution in [3.8, 4) is 0 Å². The van der Waals surface area contributed by atoms with Gasteiger partial charge in [-0.1, -0.05) is 13.8 Å². The number of allylic oxidation sites excluding steroid dienone is 4. The van der Waals surface area contributed by atoms with Crippen LogP contribution in [-0.2, 0) is 0 Å². The number of alkyl halides is 3. The molecule has 86 valence electrons. The molecule has 0 radical (unpaired) electrons. The lowest BCUT2D eigenvalue weighted by atomic mass is 9.99. The fraction of sp³-hybridized carbons (Fsp3) is 0.545. The average Bonchev–Trinajstić information content (AvgIpc) is 2.10. The number of hydrogen-bond donors (Lipinski definition) is 0. The normalized spacial score (nSPS) is 15.3. The summed E-state index contributed by atoms with van der Waals surface area (Å²) in [6.45, 7) is 9.67. The van der Waals surface area contributed by atoms with E-state index in [-0.39, 0.29) is 5.92 Å². The van der Waals surface area contributed by atoms with Crippen LogP contribution in [0, 0.1) is 5.92 Å². The smallest absolute Gasteiger partial charge is 0.269 e. The molecule has 0 N–H and O–H groups in total. The van der Waals surface area contributed by atoms with E-state index in [0.717, 1.165) is 13.0 Å². The van der Waals surface area contributed by atoms with Crippen molar-refractivity contribution in [1.82, 2.24) is 0 Å². The predicted octanol–water partition coefficient (Wildman–Crippen LogP) is 4.13. The van der Waals surface area contributed by atoms with Crippen LogP contribution >= 0.6 is 0 Å². The highest BCUT2D eigenvalue weighted by molar-refractivity contribution is 5.36. The quantitative estimate of drug-likeness (QED) is 0.500. The first kappa shape index (κ1) is 13.9. The van der Waals surface area contributed by atoms with Crippen molar-refractivity contribution in [1.29, 1.82) is 0 Å². The maximum Gasteiger partial charge on any atom is 0.412 e. The van der Waals surface area contributed by atoms with Crippen LogP contribution in [0.2, 0.25) is 0 Å². The standard InChI is InChI=1S/C11H16F3N/c1-7(2)10(9(4)15-5)6-8(3)11(12,13)14/h6-7H,5H2,1-4H3/b8-6+,10-9+. The molecule has 0 heterocycles. The molecular formula is C11H16F3N. The molecule has 0 atom stereocenters. The maximum atomic E-state index is 12.3. The Balaban J connectivity index is 5.27. The summed E-state index contributed by atoms with van der Waals surface area (Å²) in [5.74, 6) is -0.00667. The second-order valence-corrected chi connectivity index (χ2v) is 3.68. The molecule has 15 heavy (non-hydrogen) atoms. The van der Waals surface area contributed by atoms with Crippen LogP contribution in [0.5, 0.6) is 0 Å². The molecule has 0 unspecified atom stereocenters. The number of nitrogens with zero attached hydrogens (tertiary/aromatic N) is 1. The Hall–Kier alpha value is -1.06. The molecule has 0 aliphatic heterocycles. The summed E-state index contributed by atoms with van der Waals surface area (Å²) in [4.78, 5) is 3.66. The van der Waals surface area contributed by atoms with E-state index in [0.29, 0.717) is 11.3 Å². The number of hydrogen-bond acceptors (Lipinski definition) is 1. The second-order valence-electron chi connectivity index (χ2n) is 3.68. The summed E-state index contributed by atoms with van der Waals surface area (Å²) >= 11 is 0. The zero-order valence-corrected chi connectivity index (χ0v) is 9.44. The number of rotatable bonds is 3. The van der Waals surface area contributed by atoms with Crippen molar-refractivity contribution in [2.75, 3.05) is 0 Å². The number of aliphatic imine (C=N–C) groups is 1. The second kappa shape index (κ2) is 5.14. The van der Waals surface area contributed by atoms with Crippen LogP contribution in [0.4, 0.5) is 13.2 Å². The topological polar surface area (TPSA) is 12.4 Å². The first-order chi connectivity index (χ1) is 6.70. The molecule has 0 aliphatic rings. The monoisotopic (exact) mass is 219 g/mol. The van der Waals surface area contributed by atoms with Gasteiger partial charge in [0.05, 0.1) is 0 Å². The molecule has 0 saturated carbocycles. The summed E-state index contributed by atoms with van der Waals surface area (Å²) in [6.07, 6.45) is -3.14. The van der Waals surface area contributed by atoms with Gasteiger partial charge in [0.2, 0.25) is 0 Å². The van der Waals surface area contributed by atoms with Crippen molar-refractivity contribution >= 4 is 6.72 Å². The zero-order valence-electron chi connectivity index (χ0n) is 9.44. The van der Waals surface area contributed by atoms with Gasteiger partial charge < -0.3 is 0 Å². The van der Waals surface area contributed by atoms with Crippen LogP contribution in [0.1, 0.15) is 27.7 Å². The van der Waals surface area contributed by atoms with E-state index in [4.69, 9.17) is 0 Å². The highest BCUT2D eigenvalue weighted by atomic mass is 19.4. The predicted molar refractivity (Wildman–Crippen MR) is 56.9 cm³/mol. The summed E-state index contributed by atoms with van der Waals surface area (Å²) in [5.41, 5.74) is 0.489. The maximum absolute atomic E-state index is 12.3. The van der Waals surface area contributed by atoms with E-state index in [1.165, 1.54) is 0 Å². The fourth-order valence-electron chi connectivity index (χ4n) is 1.10. The molecule has 0 fully saturated rings. The number of halogens is 3. The van der Waals surface area contributed by atoms with Crippen LogP contribution < -0.4 is 0 Å². The van der Waals surface area contributed by atoms with Crippen molar-refractivity contribution < 1.29 is 13.2 Å². The molecule has 0 amide bonds. The Labute approximate surface area is 88.4 Å². The minimum atomic E-state index is -4.28. The van der Waals surface area contributed by atoms with Crippen LogP contribution in [-0.4, -0.2) is 12.9 Å². The zero-order chi connectivity index (χ0) is 12.2. The van der Waals surface area contributed by atoms with E-state index in [9.17, 15) is 13.2 Å². The molecule has 0 spiro atoms. The summed E-state index contributed by atoms with van der Waals surface area (Å²) in [5, 5.41) is 0. The third-order valence-electron chi connectivity index (χ3n) is 2.10. The van der Waals surface area contributed by atoms with Crippen molar-refractivity contribution in [3.63, 3.8) is 0 Å². The highest BCUT2D eigenvalue weighted by Crippen LogP contribution is 2.28. The molecule has 0 aromatic heterocycles. The lowest BCUT2D eigenvalue weighted by molar-refractivity contribution is -0.0913. The van der Waals surface area contributed by atoms with Crippen molar-refractivity contribution in [3.05, 3.63) is 22.9 Å². The Morgan fingerprint density at radius 2 is 1.73 bits per heavy atom. The minimum Gasteiger partial charge on any atom is -0.269 e. The van der Waals surface area contributed by atoms with Crippen molar-refractivity contribution in [2.45, 2.75) is 33.9 Å². The average molecular weight is 219 g/mol. The van der Waals surface area contributed by atoms with E-state index in [1.54, 1.807) is 6.92 Å². The van der Waals surface area contributed by atoms with E-state index < -0.39 is 11.7 Å². The van der Waals surface area contributed by atoms with E-state index >= 15 is 0 Å². The largest absolute Gasteiger partial charge is 0.412 e. The SMILES string of the molecule is C=N/C(C)=C(\C=C(/C)C(F)(F)F)C(C)C. The molecule has 0 bridgehead atoms. The molecule has 1 nitrogen and oxygen atoms in total. The molecule has 0 rings (SSSR count). The van der Waals surface area contributed by atoms with Gasteiger partial charge in [-0.15, -0.1) is 0 Å². The van der Waals surface area contributed by atoms with Gasteiger partial charge in [-0.3, -0.25) is 4.99 Å². The summed E-state index contributed by atoms with van der Waals surface area (Å²) in [7, 11) is 0. The molecule has 0 saturated heterocycles. The van der Waals surface area contributed by atoms with Crippen LogP contribution in [0.3, 0.4) is 0 Å². The fourth-order valence-corrected chi connectivity index (χ4v) is 1.10. The van der Waals surface area contributed by atoms with Gasteiger partial charge in [0.1, 0.15) is 0 Å². The van der Waals surface area contributed by atoms with Gasteiger partial charge in [-0.25, -0.2) is 0 Å². The third kappa shape index (κ3) is 4.32. The van der Waals surface area contributed by atoms with Gasteiger partial charge in [0.15, 0.2) is 0 Å². The van der Waals surface area contributed by atoms with E-state index in [1.807, 2.05) is 13.8 Å². The van der Waals surface area contributed by atoms with Crippen LogP contribution in [0.25, 0.3) is 0 Å². The van der Waals surface area contributed by atoms with Gasteiger partial charge in [0, 0.05) is 11.3 Å². The lowest BCUT2D eigenvalue weighted by Gasteiger charge is -2.12. The highest BCUT2D eigenvalue weighted by Gasteiger charge is 2.30. The molecule has 0 aliphatic carbocycles. The summed E-state index contributed by atoms with van der Waals surface area (Å²) in [6, 6.07) is 0. The van der Waals surface area contributed by atoms with Gasteiger partial charge >= 0.3 is 6.18 Å². The molecule has 0 aromatic rings. The lowest BCUT2D eigenvalue weighted by Crippen LogP contribution is -2.10. The minimum absolute atomic E-state index is 0.00667. The third-order valence-corrected chi connectivity index (χ3v) is 2.10. The molecule has 4 heteroatoms. The Morgan fingerprint density at radius 1 is 1.27 bits per heavy atom. The Morgan fingerprint density at radius 3 is 2.00 bits per heavy atom. The summed E-state index contributed by atoms with van der Waals surface area (Å²) < 4.78 is 36.9. The van der Waals surface area contributed by atoms with E-state index in [2.05, 4.69) is 11.7 Å². The Bertz CT molecular complexity index is 295. The first-order valence-corrected chi connectivity index (χ1v) is 4.63. The Kier molecular flexibility index (Phi) is 4.78. The van der Waals surface area contributed by atoms with Gasteiger partial charge in [-0.05, 0) is 38.1 Å². The molecular weight excluding hydrogens is 203 g/mol.